The Bertz CT molecular complexity index is 343. The van der Waals surface area contributed by atoms with Crippen molar-refractivity contribution in [3.05, 3.63) is 34.1 Å². The first-order valence-electron chi connectivity index (χ1n) is 3.32. The second-order valence-corrected chi connectivity index (χ2v) is 2.34. The molecule has 7 heteroatoms. The molecule has 1 aromatic rings. The van der Waals surface area contributed by atoms with Crippen molar-refractivity contribution in [3.8, 4) is 0 Å². The molecule has 0 spiro atoms. The fraction of sp³-hybridized carbons (Fsp3) is 0. The van der Waals surface area contributed by atoms with Crippen molar-refractivity contribution < 1.29 is 19.4 Å². The third-order valence-corrected chi connectivity index (χ3v) is 1.47. The summed E-state index contributed by atoms with van der Waals surface area (Å²) in [5.74, 6) is -1.01. The summed E-state index contributed by atoms with van der Waals surface area (Å²) in [4.78, 5) is 9.27. The van der Waals surface area contributed by atoms with Gasteiger partial charge in [-0.1, -0.05) is 6.07 Å². The van der Waals surface area contributed by atoms with E-state index in [0.717, 1.165) is 18.2 Å². The minimum atomic E-state index is -1.83. The van der Waals surface area contributed by atoms with Gasteiger partial charge in [0.1, 0.15) is 0 Å². The maximum Gasteiger partial charge on any atom is 0.488 e. The van der Waals surface area contributed by atoms with Gasteiger partial charge in [-0.05, 0) is 11.5 Å². The number of hydrogen-bond donors (Lipinski definition) is 2. The zero-order valence-electron chi connectivity index (χ0n) is 6.35. The summed E-state index contributed by atoms with van der Waals surface area (Å²) >= 11 is 0. The molecule has 0 bridgehead atoms. The number of nitro benzene ring substituents is 1. The van der Waals surface area contributed by atoms with Gasteiger partial charge in [0.25, 0.3) is 0 Å². The Kier molecular flexibility index (Phi) is 2.59. The molecule has 68 valence electrons. The molecule has 0 atom stereocenters. The predicted octanol–water partition coefficient (Wildman–Crippen LogP) is -0.586. The summed E-state index contributed by atoms with van der Waals surface area (Å²) in [7, 11) is -1.83. The molecule has 0 aromatic heterocycles. The lowest BCUT2D eigenvalue weighted by Crippen LogP contribution is -2.29. The van der Waals surface area contributed by atoms with Crippen LogP contribution in [-0.4, -0.2) is 22.1 Å². The van der Waals surface area contributed by atoms with Crippen LogP contribution >= 0.6 is 0 Å². The molecular weight excluding hydrogens is 180 g/mol. The molecule has 0 fully saturated rings. The number of nitrogens with zero attached hydrogens (tertiary/aromatic N) is 1. The first-order valence-corrected chi connectivity index (χ1v) is 3.32. The van der Waals surface area contributed by atoms with Crippen molar-refractivity contribution in [2.24, 2.45) is 0 Å². The van der Waals surface area contributed by atoms with Crippen molar-refractivity contribution in [1.29, 1.82) is 0 Å². The van der Waals surface area contributed by atoms with Gasteiger partial charge >= 0.3 is 12.8 Å². The van der Waals surface area contributed by atoms with Gasteiger partial charge in [0.05, 0.1) is 4.92 Å². The third-order valence-electron chi connectivity index (χ3n) is 1.47. The van der Waals surface area contributed by atoms with Crippen molar-refractivity contribution in [3.63, 3.8) is 0 Å². The van der Waals surface area contributed by atoms with E-state index in [2.05, 4.69) is 0 Å². The molecule has 0 saturated heterocycles. The topological polar surface area (TPSA) is 83.6 Å². The van der Waals surface area contributed by atoms with E-state index in [4.69, 9.17) is 10.0 Å². The van der Waals surface area contributed by atoms with Crippen LogP contribution in [0.25, 0.3) is 0 Å². The highest BCUT2D eigenvalue weighted by Crippen LogP contribution is 2.13. The van der Waals surface area contributed by atoms with Crippen LogP contribution in [0.1, 0.15) is 0 Å². The third kappa shape index (κ3) is 2.01. The Labute approximate surface area is 72.7 Å². The largest absolute Gasteiger partial charge is 0.488 e. The van der Waals surface area contributed by atoms with E-state index in [-0.39, 0.29) is 5.46 Å². The maximum atomic E-state index is 12.7. The second kappa shape index (κ2) is 3.50. The minimum absolute atomic E-state index is 0.117. The quantitative estimate of drug-likeness (QED) is 0.366. The van der Waals surface area contributed by atoms with Gasteiger partial charge in [-0.2, -0.15) is 4.39 Å². The highest BCUT2D eigenvalue weighted by atomic mass is 19.1. The van der Waals surface area contributed by atoms with Crippen LogP contribution in [0.4, 0.5) is 10.1 Å². The van der Waals surface area contributed by atoms with Crippen molar-refractivity contribution >= 4 is 18.3 Å². The Hall–Kier alpha value is -1.47. The number of hydrogen-bond acceptors (Lipinski definition) is 4. The van der Waals surface area contributed by atoms with E-state index >= 15 is 0 Å². The molecular formula is C6H5BFNO4. The van der Waals surface area contributed by atoms with Crippen LogP contribution in [-0.2, 0) is 0 Å². The summed E-state index contributed by atoms with van der Waals surface area (Å²) in [6, 6.07) is 2.65. The van der Waals surface area contributed by atoms with E-state index in [1.54, 1.807) is 0 Å². The highest BCUT2D eigenvalue weighted by Gasteiger charge is 2.19. The summed E-state index contributed by atoms with van der Waals surface area (Å²) in [6.07, 6.45) is 0. The Morgan fingerprint density at radius 1 is 1.46 bits per heavy atom. The zero-order chi connectivity index (χ0) is 10.0. The lowest BCUT2D eigenvalue weighted by Gasteiger charge is -1.98. The molecule has 5 nitrogen and oxygen atoms in total. The van der Waals surface area contributed by atoms with Crippen molar-refractivity contribution in [2.45, 2.75) is 0 Å². The summed E-state index contributed by atoms with van der Waals surface area (Å²) in [5.41, 5.74) is -0.890. The van der Waals surface area contributed by atoms with Crippen LogP contribution in [0, 0.1) is 15.9 Å². The first kappa shape index (κ1) is 9.62. The van der Waals surface area contributed by atoms with Crippen LogP contribution in [0.5, 0.6) is 0 Å². The predicted molar refractivity (Wildman–Crippen MR) is 42.9 cm³/mol. The van der Waals surface area contributed by atoms with Crippen molar-refractivity contribution in [1.82, 2.24) is 0 Å². The standard InChI is InChI=1S/C6H5BFNO4/c8-5-2-1-4(7(10)11)3-6(5)9(12)13/h1-3,10-11H. The Balaban J connectivity index is 3.19. The van der Waals surface area contributed by atoms with E-state index in [9.17, 15) is 14.5 Å². The smallest absolute Gasteiger partial charge is 0.423 e. The monoisotopic (exact) mass is 185 g/mol. The lowest BCUT2D eigenvalue weighted by atomic mass is 9.80. The van der Waals surface area contributed by atoms with Gasteiger partial charge in [-0.3, -0.25) is 10.1 Å². The SMILES string of the molecule is O=[N+]([O-])c1cc(B(O)O)ccc1F. The van der Waals surface area contributed by atoms with Crippen LogP contribution in [0.2, 0.25) is 0 Å². The normalized spacial score (nSPS) is 9.77. The fourth-order valence-corrected chi connectivity index (χ4v) is 0.830. The van der Waals surface area contributed by atoms with Crippen LogP contribution < -0.4 is 5.46 Å². The molecule has 13 heavy (non-hydrogen) atoms. The minimum Gasteiger partial charge on any atom is -0.423 e. The van der Waals surface area contributed by atoms with Gasteiger partial charge < -0.3 is 10.0 Å². The average Bonchev–Trinajstić information content (AvgIpc) is 2.04. The lowest BCUT2D eigenvalue weighted by molar-refractivity contribution is -0.387. The summed E-state index contributed by atoms with van der Waals surface area (Å²) in [5, 5.41) is 27.5. The summed E-state index contributed by atoms with van der Waals surface area (Å²) in [6.45, 7) is 0. The molecule has 0 amide bonds. The molecule has 0 aliphatic heterocycles. The molecule has 1 rings (SSSR count). The zero-order valence-corrected chi connectivity index (χ0v) is 6.35. The molecule has 0 saturated carbocycles. The summed E-state index contributed by atoms with van der Waals surface area (Å²) < 4.78 is 12.7. The first-order chi connectivity index (χ1) is 6.02. The molecule has 2 N–H and O–H groups in total. The van der Waals surface area contributed by atoms with Gasteiger partial charge in [0.15, 0.2) is 5.82 Å². The number of nitro groups is 1. The van der Waals surface area contributed by atoms with Crippen molar-refractivity contribution in [2.75, 3.05) is 0 Å². The van der Waals surface area contributed by atoms with Gasteiger partial charge in [0, 0.05) is 6.07 Å². The van der Waals surface area contributed by atoms with Gasteiger partial charge in [-0.25, -0.2) is 0 Å². The fourth-order valence-electron chi connectivity index (χ4n) is 0.830. The number of benzene rings is 1. The van der Waals surface area contributed by atoms with E-state index in [0.29, 0.717) is 0 Å². The van der Waals surface area contributed by atoms with Crippen LogP contribution in [0.15, 0.2) is 18.2 Å². The molecule has 0 aliphatic carbocycles. The Morgan fingerprint density at radius 2 is 2.08 bits per heavy atom. The van der Waals surface area contributed by atoms with E-state index < -0.39 is 23.5 Å². The number of rotatable bonds is 2. The molecule has 1 aromatic carbocycles. The molecule has 0 heterocycles. The number of halogens is 1. The van der Waals surface area contributed by atoms with Gasteiger partial charge in [0.2, 0.25) is 0 Å². The maximum absolute atomic E-state index is 12.7. The van der Waals surface area contributed by atoms with Crippen LogP contribution in [0.3, 0.4) is 0 Å². The van der Waals surface area contributed by atoms with E-state index in [1.807, 2.05) is 0 Å². The molecule has 0 aliphatic rings. The van der Waals surface area contributed by atoms with E-state index in [1.165, 1.54) is 0 Å². The average molecular weight is 185 g/mol. The highest BCUT2D eigenvalue weighted by molar-refractivity contribution is 6.58. The Morgan fingerprint density at radius 3 is 2.54 bits per heavy atom. The molecule has 0 unspecified atom stereocenters. The second-order valence-electron chi connectivity index (χ2n) is 2.34. The van der Waals surface area contributed by atoms with Gasteiger partial charge in [-0.15, -0.1) is 0 Å². The molecule has 0 radical (unpaired) electrons.